The second kappa shape index (κ2) is 5.26. The van der Waals surface area contributed by atoms with Gasteiger partial charge in [0.1, 0.15) is 6.10 Å². The average molecular weight is 249 g/mol. The van der Waals surface area contributed by atoms with Crippen molar-refractivity contribution < 1.29 is 10.2 Å². The lowest BCUT2D eigenvalue weighted by molar-refractivity contribution is 0.0151. The Labute approximate surface area is 103 Å². The number of hydrogen-bond acceptors (Lipinski definition) is 5. The van der Waals surface area contributed by atoms with Crippen molar-refractivity contribution in [2.24, 2.45) is 5.73 Å². The summed E-state index contributed by atoms with van der Waals surface area (Å²) in [6.45, 7) is 0.295. The first-order chi connectivity index (χ1) is 8.63. The molecule has 0 aliphatic heterocycles. The number of hydrogen-bond donors (Lipinski definition) is 4. The zero-order valence-electron chi connectivity index (χ0n) is 9.71. The van der Waals surface area contributed by atoms with Crippen LogP contribution in [0.4, 0.5) is 0 Å². The molecule has 0 bridgehead atoms. The van der Waals surface area contributed by atoms with Crippen molar-refractivity contribution in [2.45, 2.75) is 18.6 Å². The predicted octanol–water partition coefficient (Wildman–Crippen LogP) is -0.334. The number of aliphatic hydroxyl groups is 2. The predicted molar refractivity (Wildman–Crippen MR) is 67.0 cm³/mol. The highest BCUT2D eigenvalue weighted by atomic mass is 16.3. The van der Waals surface area contributed by atoms with Crippen molar-refractivity contribution in [2.75, 3.05) is 6.54 Å². The first kappa shape index (κ1) is 12.7. The number of benzene rings is 1. The molecule has 0 saturated carbocycles. The molecule has 0 aliphatic carbocycles. The van der Waals surface area contributed by atoms with Crippen LogP contribution in [0.1, 0.15) is 18.1 Å². The lowest BCUT2D eigenvalue weighted by Crippen LogP contribution is -2.21. The van der Waals surface area contributed by atoms with Gasteiger partial charge in [0.05, 0.1) is 23.3 Å². The zero-order valence-corrected chi connectivity index (χ0v) is 9.71. The summed E-state index contributed by atoms with van der Waals surface area (Å²) in [4.78, 5) is 18.0. The molecule has 1 heterocycles. The SMILES string of the molecule is NCCC(O)C(O)c1ccc2c(=O)[nH]cnc2c1. The summed E-state index contributed by atoms with van der Waals surface area (Å²) in [5.74, 6) is 0. The molecule has 2 rings (SSSR count). The van der Waals surface area contributed by atoms with Crippen molar-refractivity contribution in [1.29, 1.82) is 0 Å². The van der Waals surface area contributed by atoms with E-state index in [1.165, 1.54) is 6.33 Å². The van der Waals surface area contributed by atoms with Crippen molar-refractivity contribution >= 4 is 10.9 Å². The van der Waals surface area contributed by atoms with Gasteiger partial charge in [0.15, 0.2) is 0 Å². The molecule has 2 unspecified atom stereocenters. The third-order valence-corrected chi connectivity index (χ3v) is 2.83. The van der Waals surface area contributed by atoms with Crippen LogP contribution >= 0.6 is 0 Å². The molecule has 0 saturated heterocycles. The fourth-order valence-corrected chi connectivity index (χ4v) is 1.82. The molecular formula is C12H15N3O3. The van der Waals surface area contributed by atoms with Gasteiger partial charge in [0.25, 0.3) is 5.56 Å². The smallest absolute Gasteiger partial charge is 0.258 e. The summed E-state index contributed by atoms with van der Waals surface area (Å²) >= 11 is 0. The molecule has 0 fully saturated rings. The number of aliphatic hydroxyl groups excluding tert-OH is 2. The second-order valence-corrected chi connectivity index (χ2v) is 4.10. The number of H-pyrrole nitrogens is 1. The normalized spacial score (nSPS) is 14.6. The van der Waals surface area contributed by atoms with Crippen LogP contribution in [0.2, 0.25) is 0 Å². The van der Waals surface area contributed by atoms with Gasteiger partial charge in [-0.15, -0.1) is 0 Å². The van der Waals surface area contributed by atoms with Gasteiger partial charge < -0.3 is 20.9 Å². The summed E-state index contributed by atoms with van der Waals surface area (Å²) in [6.07, 6.45) is -0.340. The molecule has 6 nitrogen and oxygen atoms in total. The number of aromatic nitrogens is 2. The molecule has 0 amide bonds. The maximum absolute atomic E-state index is 11.5. The Morgan fingerprint density at radius 3 is 2.89 bits per heavy atom. The highest BCUT2D eigenvalue weighted by molar-refractivity contribution is 5.77. The molecule has 2 aromatic rings. The zero-order chi connectivity index (χ0) is 13.1. The molecule has 1 aromatic heterocycles. The van der Waals surface area contributed by atoms with E-state index >= 15 is 0 Å². The number of aromatic amines is 1. The topological polar surface area (TPSA) is 112 Å². The summed E-state index contributed by atoms with van der Waals surface area (Å²) < 4.78 is 0. The third kappa shape index (κ3) is 2.40. The lowest BCUT2D eigenvalue weighted by atomic mass is 10.0. The Morgan fingerprint density at radius 2 is 2.17 bits per heavy atom. The first-order valence-corrected chi connectivity index (χ1v) is 5.67. The molecule has 0 spiro atoms. The van der Waals surface area contributed by atoms with Crippen LogP contribution in [0.25, 0.3) is 10.9 Å². The van der Waals surface area contributed by atoms with Gasteiger partial charge >= 0.3 is 0 Å². The van der Waals surface area contributed by atoms with Crippen LogP contribution in [0.15, 0.2) is 29.3 Å². The largest absolute Gasteiger partial charge is 0.390 e. The Bertz CT molecular complexity index is 596. The minimum absolute atomic E-state index is 0.233. The van der Waals surface area contributed by atoms with Gasteiger partial charge in [-0.2, -0.15) is 0 Å². The van der Waals surface area contributed by atoms with E-state index in [2.05, 4.69) is 9.97 Å². The fraction of sp³-hybridized carbons (Fsp3) is 0.333. The number of nitrogens with zero attached hydrogens (tertiary/aromatic N) is 1. The summed E-state index contributed by atoms with van der Waals surface area (Å²) in [5, 5.41) is 20.1. The van der Waals surface area contributed by atoms with Gasteiger partial charge in [0, 0.05) is 0 Å². The van der Waals surface area contributed by atoms with Gasteiger partial charge in [-0.3, -0.25) is 4.79 Å². The van der Waals surface area contributed by atoms with Crippen molar-refractivity contribution in [3.63, 3.8) is 0 Å². The van der Waals surface area contributed by atoms with Crippen LogP contribution < -0.4 is 11.3 Å². The maximum Gasteiger partial charge on any atom is 0.258 e. The summed E-state index contributed by atoms with van der Waals surface area (Å²) in [7, 11) is 0. The van der Waals surface area contributed by atoms with Crippen molar-refractivity contribution in [3.05, 3.63) is 40.4 Å². The highest BCUT2D eigenvalue weighted by Gasteiger charge is 2.18. The van der Waals surface area contributed by atoms with Crippen LogP contribution in [0.5, 0.6) is 0 Å². The molecule has 0 aliphatic rings. The fourth-order valence-electron chi connectivity index (χ4n) is 1.82. The summed E-state index contributed by atoms with van der Waals surface area (Å²) in [5.41, 5.74) is 6.09. The van der Waals surface area contributed by atoms with Crippen LogP contribution in [-0.4, -0.2) is 32.8 Å². The Hall–Kier alpha value is -1.76. The standard InChI is InChI=1S/C12H15N3O3/c13-4-3-10(16)11(17)7-1-2-8-9(5-7)14-6-15-12(8)18/h1-2,5-6,10-11,16-17H,3-4,13H2,(H,14,15,18). The molecule has 1 aromatic carbocycles. The number of fused-ring (bicyclic) bond motifs is 1. The quantitative estimate of drug-likeness (QED) is 0.592. The number of rotatable bonds is 4. The molecular weight excluding hydrogens is 234 g/mol. The number of nitrogens with one attached hydrogen (secondary N) is 1. The van der Waals surface area contributed by atoms with E-state index < -0.39 is 12.2 Å². The minimum atomic E-state index is -1.03. The third-order valence-electron chi connectivity index (χ3n) is 2.83. The molecule has 96 valence electrons. The highest BCUT2D eigenvalue weighted by Crippen LogP contribution is 2.21. The van der Waals surface area contributed by atoms with E-state index in [4.69, 9.17) is 5.73 Å². The molecule has 0 radical (unpaired) electrons. The van der Waals surface area contributed by atoms with E-state index in [1.807, 2.05) is 0 Å². The molecule has 2 atom stereocenters. The second-order valence-electron chi connectivity index (χ2n) is 4.10. The Balaban J connectivity index is 2.38. The van der Waals surface area contributed by atoms with Crippen molar-refractivity contribution in [3.8, 4) is 0 Å². The minimum Gasteiger partial charge on any atom is -0.390 e. The van der Waals surface area contributed by atoms with E-state index in [-0.39, 0.29) is 5.56 Å². The van der Waals surface area contributed by atoms with Gasteiger partial charge in [-0.25, -0.2) is 4.98 Å². The van der Waals surface area contributed by atoms with Crippen molar-refractivity contribution in [1.82, 2.24) is 9.97 Å². The van der Waals surface area contributed by atoms with Crippen LogP contribution in [0.3, 0.4) is 0 Å². The Morgan fingerprint density at radius 1 is 1.39 bits per heavy atom. The first-order valence-electron chi connectivity index (χ1n) is 5.67. The van der Waals surface area contributed by atoms with E-state index in [0.717, 1.165) is 0 Å². The van der Waals surface area contributed by atoms with E-state index in [9.17, 15) is 15.0 Å². The monoisotopic (exact) mass is 249 g/mol. The molecule has 6 heteroatoms. The van der Waals surface area contributed by atoms with Gasteiger partial charge in [-0.1, -0.05) is 6.07 Å². The average Bonchev–Trinajstić information content (AvgIpc) is 2.38. The van der Waals surface area contributed by atoms with Crippen LogP contribution in [0, 0.1) is 0 Å². The Kier molecular flexibility index (Phi) is 3.71. The maximum atomic E-state index is 11.5. The lowest BCUT2D eigenvalue weighted by Gasteiger charge is -2.17. The van der Waals surface area contributed by atoms with Crippen LogP contribution in [-0.2, 0) is 0 Å². The van der Waals surface area contributed by atoms with Gasteiger partial charge in [-0.05, 0) is 30.7 Å². The summed E-state index contributed by atoms with van der Waals surface area (Å²) in [6, 6.07) is 4.77. The molecule has 18 heavy (non-hydrogen) atoms. The van der Waals surface area contributed by atoms with Gasteiger partial charge in [0.2, 0.25) is 0 Å². The number of nitrogens with two attached hydrogens (primary N) is 1. The van der Waals surface area contributed by atoms with E-state index in [1.54, 1.807) is 18.2 Å². The molecule has 5 N–H and O–H groups in total. The van der Waals surface area contributed by atoms with E-state index in [0.29, 0.717) is 29.4 Å².